The second kappa shape index (κ2) is 5.88. The number of carboxylic acids is 1. The van der Waals surface area contributed by atoms with Crippen LogP contribution in [0.25, 0.3) is 10.9 Å². The third kappa shape index (κ3) is 2.45. The Balaban J connectivity index is 2.01. The Morgan fingerprint density at radius 1 is 1.04 bits per heavy atom. The lowest BCUT2D eigenvalue weighted by Gasteiger charge is -2.26. The van der Waals surface area contributed by atoms with Crippen LogP contribution in [0.1, 0.15) is 40.9 Å². The fraction of sp³-hybridized carbons (Fsp3) is 0.238. The highest BCUT2D eigenvalue weighted by atomic mass is 16.4. The SMILES string of the molecule is CC1Cc2c(c3ccccc3n2C(=O)c2ccccc2)C(C(=O)O)C1. The predicted octanol–water partition coefficient (Wildman–Crippen LogP) is 4.08. The molecule has 0 amide bonds. The molecule has 0 fully saturated rings. The van der Waals surface area contributed by atoms with Crippen molar-refractivity contribution in [3.8, 4) is 0 Å². The number of para-hydroxylation sites is 1. The molecule has 0 spiro atoms. The monoisotopic (exact) mass is 333 g/mol. The summed E-state index contributed by atoms with van der Waals surface area (Å²) in [5.41, 5.74) is 3.06. The van der Waals surface area contributed by atoms with Crippen LogP contribution in [-0.4, -0.2) is 21.6 Å². The van der Waals surface area contributed by atoms with Gasteiger partial charge in [0.05, 0.1) is 11.4 Å². The molecule has 4 nitrogen and oxygen atoms in total. The van der Waals surface area contributed by atoms with Gasteiger partial charge < -0.3 is 5.11 Å². The van der Waals surface area contributed by atoms with Crippen LogP contribution in [0.2, 0.25) is 0 Å². The van der Waals surface area contributed by atoms with E-state index in [9.17, 15) is 14.7 Å². The normalized spacial score (nSPS) is 19.6. The van der Waals surface area contributed by atoms with Crippen molar-refractivity contribution in [1.82, 2.24) is 4.57 Å². The van der Waals surface area contributed by atoms with Crippen LogP contribution < -0.4 is 0 Å². The number of nitrogens with zero attached hydrogens (tertiary/aromatic N) is 1. The minimum Gasteiger partial charge on any atom is -0.481 e. The molecule has 1 aliphatic rings. The number of fused-ring (bicyclic) bond motifs is 3. The van der Waals surface area contributed by atoms with Crippen molar-refractivity contribution < 1.29 is 14.7 Å². The Morgan fingerprint density at radius 2 is 1.72 bits per heavy atom. The van der Waals surface area contributed by atoms with Gasteiger partial charge in [-0.25, -0.2) is 0 Å². The summed E-state index contributed by atoms with van der Waals surface area (Å²) in [7, 11) is 0. The number of hydrogen-bond donors (Lipinski definition) is 1. The zero-order valence-corrected chi connectivity index (χ0v) is 14.0. The average molecular weight is 333 g/mol. The highest BCUT2D eigenvalue weighted by Crippen LogP contribution is 2.41. The zero-order chi connectivity index (χ0) is 17.6. The van der Waals surface area contributed by atoms with Crippen LogP contribution in [0, 0.1) is 5.92 Å². The van der Waals surface area contributed by atoms with E-state index < -0.39 is 11.9 Å². The lowest BCUT2D eigenvalue weighted by Crippen LogP contribution is -2.25. The molecule has 1 heterocycles. The lowest BCUT2D eigenvalue weighted by molar-refractivity contribution is -0.139. The molecule has 0 bridgehead atoms. The topological polar surface area (TPSA) is 59.3 Å². The summed E-state index contributed by atoms with van der Waals surface area (Å²) in [6.07, 6.45) is 1.32. The number of benzene rings is 2. The maximum absolute atomic E-state index is 13.2. The minimum absolute atomic E-state index is 0.101. The molecule has 0 aliphatic heterocycles. The average Bonchev–Trinajstić information content (AvgIpc) is 2.95. The highest BCUT2D eigenvalue weighted by molar-refractivity contribution is 6.05. The molecule has 2 unspecified atom stereocenters. The van der Waals surface area contributed by atoms with Crippen molar-refractivity contribution in [3.05, 3.63) is 71.4 Å². The predicted molar refractivity (Wildman–Crippen MR) is 96.0 cm³/mol. The van der Waals surface area contributed by atoms with Gasteiger partial charge in [0.15, 0.2) is 0 Å². The van der Waals surface area contributed by atoms with Crippen molar-refractivity contribution in [2.45, 2.75) is 25.7 Å². The van der Waals surface area contributed by atoms with Gasteiger partial charge in [-0.1, -0.05) is 43.3 Å². The molecule has 0 radical (unpaired) electrons. The van der Waals surface area contributed by atoms with Gasteiger partial charge in [0.1, 0.15) is 0 Å². The first-order valence-corrected chi connectivity index (χ1v) is 8.52. The van der Waals surface area contributed by atoms with Crippen molar-refractivity contribution >= 4 is 22.8 Å². The van der Waals surface area contributed by atoms with Crippen molar-refractivity contribution in [2.75, 3.05) is 0 Å². The summed E-state index contributed by atoms with van der Waals surface area (Å²) in [6, 6.07) is 16.8. The summed E-state index contributed by atoms with van der Waals surface area (Å²) in [5.74, 6) is -1.26. The van der Waals surface area contributed by atoms with Gasteiger partial charge >= 0.3 is 5.97 Å². The molecule has 1 aromatic heterocycles. The minimum atomic E-state index is -0.817. The fourth-order valence-electron chi connectivity index (χ4n) is 4.01. The van der Waals surface area contributed by atoms with Crippen LogP contribution in [0.5, 0.6) is 0 Å². The Bertz CT molecular complexity index is 971. The van der Waals surface area contributed by atoms with Crippen LogP contribution in [0.15, 0.2) is 54.6 Å². The molecule has 0 saturated heterocycles. The smallest absolute Gasteiger partial charge is 0.311 e. The fourth-order valence-corrected chi connectivity index (χ4v) is 4.01. The van der Waals surface area contributed by atoms with Gasteiger partial charge in [-0.2, -0.15) is 0 Å². The van der Waals surface area contributed by atoms with Gasteiger partial charge in [-0.05, 0) is 42.5 Å². The van der Waals surface area contributed by atoms with E-state index in [4.69, 9.17) is 0 Å². The Morgan fingerprint density at radius 3 is 2.44 bits per heavy atom. The van der Waals surface area contributed by atoms with Gasteiger partial charge in [0, 0.05) is 16.6 Å². The van der Waals surface area contributed by atoms with Crippen molar-refractivity contribution in [2.24, 2.45) is 5.92 Å². The first kappa shape index (κ1) is 15.6. The molecular weight excluding hydrogens is 314 g/mol. The number of carbonyl (C=O) groups excluding carboxylic acids is 1. The molecule has 1 N–H and O–H groups in total. The number of rotatable bonds is 2. The standard InChI is InChI=1S/C21H19NO3/c1-13-11-16(21(24)25)19-15-9-5-6-10-17(15)22(18(19)12-13)20(23)14-7-3-2-4-8-14/h2-10,13,16H,11-12H2,1H3,(H,24,25). The molecule has 0 saturated carbocycles. The van der Waals surface area contributed by atoms with Crippen LogP contribution in [0.3, 0.4) is 0 Å². The maximum atomic E-state index is 13.2. The molecule has 4 rings (SSSR count). The largest absolute Gasteiger partial charge is 0.481 e. The zero-order valence-electron chi connectivity index (χ0n) is 14.0. The van der Waals surface area contributed by atoms with E-state index in [0.717, 1.165) is 22.2 Å². The summed E-state index contributed by atoms with van der Waals surface area (Å²) < 4.78 is 1.73. The molecule has 25 heavy (non-hydrogen) atoms. The van der Waals surface area contributed by atoms with Gasteiger partial charge in [-0.3, -0.25) is 14.2 Å². The Hall–Kier alpha value is -2.88. The van der Waals surface area contributed by atoms with Gasteiger partial charge in [-0.15, -0.1) is 0 Å². The summed E-state index contributed by atoms with van der Waals surface area (Å²) >= 11 is 0. The van der Waals surface area contributed by atoms with Gasteiger partial charge in [0.2, 0.25) is 0 Å². The lowest BCUT2D eigenvalue weighted by atomic mass is 9.79. The van der Waals surface area contributed by atoms with E-state index in [0.29, 0.717) is 18.4 Å². The molecule has 126 valence electrons. The van der Waals surface area contributed by atoms with E-state index in [1.165, 1.54) is 0 Å². The first-order valence-electron chi connectivity index (χ1n) is 8.52. The maximum Gasteiger partial charge on any atom is 0.311 e. The van der Waals surface area contributed by atoms with Crippen LogP contribution >= 0.6 is 0 Å². The van der Waals surface area contributed by atoms with E-state index >= 15 is 0 Å². The van der Waals surface area contributed by atoms with E-state index in [1.807, 2.05) is 49.4 Å². The Kier molecular flexibility index (Phi) is 3.68. The molecule has 1 aliphatic carbocycles. The molecule has 3 aromatic rings. The number of carbonyl (C=O) groups is 2. The third-order valence-corrected chi connectivity index (χ3v) is 5.07. The number of hydrogen-bond acceptors (Lipinski definition) is 2. The number of aromatic nitrogens is 1. The number of carboxylic acid groups (broad SMARTS) is 1. The summed E-state index contributed by atoms with van der Waals surface area (Å²) in [6.45, 7) is 2.05. The molecule has 2 atom stereocenters. The third-order valence-electron chi connectivity index (χ3n) is 5.07. The number of aliphatic carboxylic acids is 1. The van der Waals surface area contributed by atoms with E-state index in [-0.39, 0.29) is 11.8 Å². The highest BCUT2D eigenvalue weighted by Gasteiger charge is 2.36. The summed E-state index contributed by atoms with van der Waals surface area (Å²) in [4.78, 5) is 25.1. The Labute approximate surface area is 145 Å². The van der Waals surface area contributed by atoms with E-state index in [2.05, 4.69) is 0 Å². The van der Waals surface area contributed by atoms with E-state index in [1.54, 1.807) is 16.7 Å². The first-order chi connectivity index (χ1) is 12.1. The van der Waals surface area contributed by atoms with Crippen molar-refractivity contribution in [1.29, 1.82) is 0 Å². The van der Waals surface area contributed by atoms with Gasteiger partial charge in [0.25, 0.3) is 5.91 Å². The second-order valence-electron chi connectivity index (χ2n) is 6.82. The second-order valence-corrected chi connectivity index (χ2v) is 6.82. The molecule has 4 heteroatoms. The quantitative estimate of drug-likeness (QED) is 0.769. The van der Waals surface area contributed by atoms with Crippen LogP contribution in [0.4, 0.5) is 0 Å². The van der Waals surface area contributed by atoms with Crippen LogP contribution in [-0.2, 0) is 11.2 Å². The molecular formula is C21H19NO3. The molecule has 2 aromatic carbocycles. The summed E-state index contributed by atoms with van der Waals surface area (Å²) in [5, 5.41) is 10.6. The van der Waals surface area contributed by atoms with Crippen molar-refractivity contribution in [3.63, 3.8) is 0 Å².